The van der Waals surface area contributed by atoms with Gasteiger partial charge in [0.25, 0.3) is 0 Å². The Labute approximate surface area is 146 Å². The molecule has 0 saturated heterocycles. The fraction of sp³-hybridized carbons (Fsp3) is 0.350. The molecular weight excluding hydrogens is 329 g/mol. The van der Waals surface area contributed by atoms with Crippen LogP contribution in [0.5, 0.6) is 5.75 Å². The molecule has 0 heterocycles. The van der Waals surface area contributed by atoms with E-state index < -0.39 is 23.4 Å². The van der Waals surface area contributed by atoms with E-state index in [9.17, 15) is 18.0 Å². The molecule has 0 amide bonds. The normalized spacial score (nSPS) is 20.3. The third-order valence-electron chi connectivity index (χ3n) is 4.80. The van der Waals surface area contributed by atoms with E-state index in [0.717, 1.165) is 18.8 Å². The van der Waals surface area contributed by atoms with Crippen LogP contribution in [0.15, 0.2) is 36.4 Å². The third-order valence-corrected chi connectivity index (χ3v) is 4.80. The van der Waals surface area contributed by atoms with Crippen molar-refractivity contribution in [1.29, 1.82) is 0 Å². The molecule has 0 unspecified atom stereocenters. The quantitative estimate of drug-likeness (QED) is 0.393. The number of benzene rings is 2. The van der Waals surface area contributed by atoms with Crippen molar-refractivity contribution < 1.29 is 24.1 Å². The first kappa shape index (κ1) is 17.5. The summed E-state index contributed by atoms with van der Waals surface area (Å²) in [6.07, 6.45) is 4.69. The van der Waals surface area contributed by atoms with E-state index in [-0.39, 0.29) is 12.7 Å². The first-order valence-electron chi connectivity index (χ1n) is 8.40. The van der Waals surface area contributed by atoms with Gasteiger partial charge in [-0.2, -0.15) is 0 Å². The minimum Gasteiger partial charge on any atom is -0.423 e. The van der Waals surface area contributed by atoms with Gasteiger partial charge in [0.2, 0.25) is 0 Å². The van der Waals surface area contributed by atoms with Gasteiger partial charge in [-0.25, -0.2) is 18.0 Å². The first-order chi connectivity index (χ1) is 11.9. The second-order valence-corrected chi connectivity index (χ2v) is 6.67. The van der Waals surface area contributed by atoms with Crippen molar-refractivity contribution in [3.05, 3.63) is 65.0 Å². The van der Waals surface area contributed by atoms with Crippen LogP contribution in [0.3, 0.4) is 0 Å². The molecule has 5 heteroatoms. The molecule has 0 N–H and O–H groups in total. The number of esters is 1. The molecule has 1 aliphatic rings. The lowest BCUT2D eigenvalue weighted by atomic mass is 9.79. The molecular formula is C20H21F3O2. The Kier molecular flexibility index (Phi) is 5.11. The average molecular weight is 350 g/mol. The molecule has 1 aliphatic carbocycles. The number of hydrogen-bond donors (Lipinski definition) is 0. The Bertz CT molecular complexity index is 746. The Balaban J connectivity index is 0.00000243. The summed E-state index contributed by atoms with van der Waals surface area (Å²) in [5.41, 5.74) is 1.46. The summed E-state index contributed by atoms with van der Waals surface area (Å²) in [5, 5.41) is 0. The topological polar surface area (TPSA) is 26.3 Å². The van der Waals surface area contributed by atoms with Gasteiger partial charge in [0, 0.05) is 13.6 Å². The molecule has 134 valence electrons. The van der Waals surface area contributed by atoms with Gasteiger partial charge < -0.3 is 4.74 Å². The molecule has 1 fully saturated rings. The van der Waals surface area contributed by atoms with Gasteiger partial charge in [-0.15, -0.1) is 0 Å². The van der Waals surface area contributed by atoms with Gasteiger partial charge in [-0.05, 0) is 42.4 Å². The zero-order valence-corrected chi connectivity index (χ0v) is 13.9. The maximum atomic E-state index is 13.2. The van der Waals surface area contributed by atoms with Crippen LogP contribution in [0.4, 0.5) is 13.2 Å². The highest BCUT2D eigenvalue weighted by atomic mass is 19.2. The highest BCUT2D eigenvalue weighted by Gasteiger charge is 2.20. The van der Waals surface area contributed by atoms with Crippen LogP contribution in [0.1, 0.15) is 55.9 Å². The summed E-state index contributed by atoms with van der Waals surface area (Å²) in [6.45, 7) is 2.26. The van der Waals surface area contributed by atoms with Crippen LogP contribution >= 0.6 is 0 Å². The molecule has 0 aliphatic heterocycles. The summed E-state index contributed by atoms with van der Waals surface area (Å²) in [7, 11) is 0. The lowest BCUT2D eigenvalue weighted by Gasteiger charge is -2.26. The lowest BCUT2D eigenvalue weighted by Crippen LogP contribution is -2.12. The van der Waals surface area contributed by atoms with E-state index in [1.54, 1.807) is 12.1 Å². The van der Waals surface area contributed by atoms with Crippen molar-refractivity contribution in [3.63, 3.8) is 0 Å². The van der Waals surface area contributed by atoms with Gasteiger partial charge >= 0.3 is 5.97 Å². The zero-order chi connectivity index (χ0) is 18.0. The van der Waals surface area contributed by atoms with Gasteiger partial charge in [0.05, 0.1) is 5.56 Å². The van der Waals surface area contributed by atoms with Crippen LogP contribution in [0.2, 0.25) is 0 Å². The highest BCUT2D eigenvalue weighted by Crippen LogP contribution is 2.35. The fourth-order valence-electron chi connectivity index (χ4n) is 3.24. The predicted octanol–water partition coefficient (Wildman–Crippen LogP) is 5.86. The number of halogens is 3. The molecule has 2 aromatic carbocycles. The second-order valence-electron chi connectivity index (χ2n) is 6.67. The van der Waals surface area contributed by atoms with E-state index >= 15 is 0 Å². The van der Waals surface area contributed by atoms with Crippen LogP contribution < -0.4 is 4.74 Å². The number of carbonyl (C=O) groups is 1. The summed E-state index contributed by atoms with van der Waals surface area (Å²) in [5.74, 6) is -4.23. The Hall–Kier alpha value is -2.30. The monoisotopic (exact) mass is 350 g/mol. The van der Waals surface area contributed by atoms with Crippen molar-refractivity contribution in [2.75, 3.05) is 0 Å². The van der Waals surface area contributed by atoms with Crippen LogP contribution in [0, 0.1) is 23.4 Å². The smallest absolute Gasteiger partial charge is 0.343 e. The van der Waals surface area contributed by atoms with Gasteiger partial charge in [-0.1, -0.05) is 31.9 Å². The molecule has 2 aromatic rings. The number of rotatable bonds is 3. The standard InChI is InChI=1S/C20H19F3O2.H2/c1-12-2-4-13(5-3-12)14-6-8-15(9-7-14)20(24)25-16-10-17(21)19(23)18(22)11-16;/h6-13H,2-5H2,1H3;1H. The van der Waals surface area contributed by atoms with E-state index in [1.807, 2.05) is 12.1 Å². The van der Waals surface area contributed by atoms with E-state index in [1.165, 1.54) is 18.4 Å². The third kappa shape index (κ3) is 4.03. The maximum absolute atomic E-state index is 13.2. The Morgan fingerprint density at radius 2 is 1.56 bits per heavy atom. The van der Waals surface area contributed by atoms with Crippen molar-refractivity contribution in [1.82, 2.24) is 0 Å². The maximum Gasteiger partial charge on any atom is 0.343 e. The van der Waals surface area contributed by atoms with E-state index in [4.69, 9.17) is 4.74 Å². The summed E-state index contributed by atoms with van der Waals surface area (Å²) in [4.78, 5) is 12.1. The molecule has 2 nitrogen and oxygen atoms in total. The molecule has 1 saturated carbocycles. The molecule has 0 radical (unpaired) electrons. The fourth-order valence-corrected chi connectivity index (χ4v) is 3.24. The molecule has 0 spiro atoms. The van der Waals surface area contributed by atoms with Gasteiger partial charge in [-0.3, -0.25) is 0 Å². The molecule has 0 aromatic heterocycles. The average Bonchev–Trinajstić information content (AvgIpc) is 2.60. The lowest BCUT2D eigenvalue weighted by molar-refractivity contribution is 0.0733. The van der Waals surface area contributed by atoms with Crippen LogP contribution in [-0.2, 0) is 0 Å². The molecule has 0 bridgehead atoms. The van der Waals surface area contributed by atoms with Crippen LogP contribution in [0.25, 0.3) is 0 Å². The van der Waals surface area contributed by atoms with Gasteiger partial charge in [0.15, 0.2) is 17.5 Å². The molecule has 25 heavy (non-hydrogen) atoms. The highest BCUT2D eigenvalue weighted by molar-refractivity contribution is 5.91. The summed E-state index contributed by atoms with van der Waals surface area (Å²) >= 11 is 0. The van der Waals surface area contributed by atoms with E-state index in [2.05, 4.69) is 6.92 Å². The predicted molar refractivity (Wildman–Crippen MR) is 90.2 cm³/mol. The number of carbonyl (C=O) groups excluding carboxylic acids is 1. The van der Waals surface area contributed by atoms with Crippen molar-refractivity contribution in [2.24, 2.45) is 5.92 Å². The second kappa shape index (κ2) is 7.30. The summed E-state index contributed by atoms with van der Waals surface area (Å²) in [6, 6.07) is 8.37. The number of hydrogen-bond acceptors (Lipinski definition) is 2. The van der Waals surface area contributed by atoms with Crippen molar-refractivity contribution in [2.45, 2.75) is 38.5 Å². The van der Waals surface area contributed by atoms with Crippen LogP contribution in [-0.4, -0.2) is 5.97 Å². The molecule has 0 atom stereocenters. The Morgan fingerprint density at radius 3 is 2.12 bits per heavy atom. The van der Waals surface area contributed by atoms with Gasteiger partial charge in [0.1, 0.15) is 5.75 Å². The minimum absolute atomic E-state index is 0. The molecule has 3 rings (SSSR count). The van der Waals surface area contributed by atoms with Crippen molar-refractivity contribution in [3.8, 4) is 5.75 Å². The minimum atomic E-state index is -1.59. The first-order valence-corrected chi connectivity index (χ1v) is 8.40. The zero-order valence-electron chi connectivity index (χ0n) is 13.9. The Morgan fingerprint density at radius 1 is 1.00 bits per heavy atom. The SMILES string of the molecule is CC1CCC(c2ccc(C(=O)Oc3cc(F)c(F)c(F)c3)cc2)CC1.[HH]. The number of ether oxygens (including phenoxy) is 1. The largest absolute Gasteiger partial charge is 0.423 e. The van der Waals surface area contributed by atoms with Crippen molar-refractivity contribution >= 4 is 5.97 Å². The van der Waals surface area contributed by atoms with E-state index in [0.29, 0.717) is 18.1 Å². The summed E-state index contributed by atoms with van der Waals surface area (Å²) < 4.78 is 44.2.